The van der Waals surface area contributed by atoms with Crippen molar-refractivity contribution in [3.8, 4) is 11.3 Å². The first kappa shape index (κ1) is 16.9. The lowest BCUT2D eigenvalue weighted by Crippen LogP contribution is -2.35. The molecule has 0 saturated carbocycles. The molecule has 1 aliphatic heterocycles. The van der Waals surface area contributed by atoms with Gasteiger partial charge in [-0.15, -0.1) is 5.10 Å². The highest BCUT2D eigenvalue weighted by Gasteiger charge is 2.37. The predicted octanol–water partition coefficient (Wildman–Crippen LogP) is 2.29. The third kappa shape index (κ3) is 3.83. The number of aliphatic hydroxyl groups excluding tert-OH is 1. The van der Waals surface area contributed by atoms with Gasteiger partial charge in [-0.2, -0.15) is 0 Å². The molecule has 2 heterocycles. The lowest BCUT2D eigenvalue weighted by atomic mass is 10.1. The Labute approximate surface area is 152 Å². The summed E-state index contributed by atoms with van der Waals surface area (Å²) >= 11 is 0. The van der Waals surface area contributed by atoms with E-state index in [0.717, 1.165) is 16.8 Å². The average Bonchev–Trinajstić information content (AvgIpc) is 3.29. The van der Waals surface area contributed by atoms with Crippen molar-refractivity contribution in [1.82, 2.24) is 15.0 Å². The molecule has 1 fully saturated rings. The Morgan fingerprint density at radius 1 is 1.08 bits per heavy atom. The van der Waals surface area contributed by atoms with E-state index in [9.17, 15) is 5.11 Å². The van der Waals surface area contributed by atoms with Crippen LogP contribution in [-0.2, 0) is 22.6 Å². The summed E-state index contributed by atoms with van der Waals surface area (Å²) < 4.78 is 13.4. The molecule has 1 saturated heterocycles. The molecule has 2 aromatic carbocycles. The number of benzene rings is 2. The third-order valence-corrected chi connectivity index (χ3v) is 4.49. The summed E-state index contributed by atoms with van der Waals surface area (Å²) in [6.45, 7) is 1.19. The number of rotatable bonds is 6. The minimum atomic E-state index is -0.638. The first-order valence-electron chi connectivity index (χ1n) is 8.70. The van der Waals surface area contributed by atoms with Gasteiger partial charge in [0.1, 0.15) is 24.0 Å². The van der Waals surface area contributed by atoms with E-state index in [0.29, 0.717) is 13.2 Å². The Balaban J connectivity index is 1.41. The van der Waals surface area contributed by atoms with Crippen LogP contribution in [0.5, 0.6) is 0 Å². The van der Waals surface area contributed by atoms with Crippen LogP contribution in [0.1, 0.15) is 5.56 Å². The Kier molecular flexibility index (Phi) is 5.06. The van der Waals surface area contributed by atoms with Gasteiger partial charge in [0.2, 0.25) is 0 Å². The van der Waals surface area contributed by atoms with Gasteiger partial charge < -0.3 is 14.6 Å². The van der Waals surface area contributed by atoms with E-state index >= 15 is 0 Å². The van der Waals surface area contributed by atoms with Crippen LogP contribution < -0.4 is 0 Å². The Bertz CT molecular complexity index is 823. The zero-order valence-corrected chi connectivity index (χ0v) is 14.3. The fraction of sp³-hybridized carbons (Fsp3) is 0.300. The van der Waals surface area contributed by atoms with Gasteiger partial charge >= 0.3 is 0 Å². The molecule has 3 aromatic rings. The van der Waals surface area contributed by atoms with Crippen molar-refractivity contribution < 1.29 is 14.6 Å². The van der Waals surface area contributed by atoms with Gasteiger partial charge in [0.25, 0.3) is 0 Å². The van der Waals surface area contributed by atoms with Crippen molar-refractivity contribution >= 4 is 0 Å². The minimum Gasteiger partial charge on any atom is -0.388 e. The van der Waals surface area contributed by atoms with Crippen molar-refractivity contribution in [2.75, 3.05) is 6.61 Å². The molecule has 1 N–H and O–H groups in total. The largest absolute Gasteiger partial charge is 0.388 e. The normalized spacial score (nSPS) is 22.6. The molecule has 1 aromatic heterocycles. The zero-order valence-electron chi connectivity index (χ0n) is 14.3. The molecule has 26 heavy (non-hydrogen) atoms. The molecular formula is C20H21N3O3. The number of aromatic nitrogens is 3. The van der Waals surface area contributed by atoms with Crippen molar-refractivity contribution in [1.29, 1.82) is 0 Å². The van der Waals surface area contributed by atoms with Crippen molar-refractivity contribution in [3.05, 3.63) is 72.4 Å². The molecule has 134 valence electrons. The summed E-state index contributed by atoms with van der Waals surface area (Å²) in [6, 6.07) is 19.8. The minimum absolute atomic E-state index is 0.265. The second-order valence-electron chi connectivity index (χ2n) is 6.39. The van der Waals surface area contributed by atoms with E-state index < -0.39 is 6.10 Å². The van der Waals surface area contributed by atoms with Gasteiger partial charge in [0, 0.05) is 5.56 Å². The molecular weight excluding hydrogens is 330 g/mol. The molecule has 1 aliphatic rings. The van der Waals surface area contributed by atoms with Crippen LogP contribution in [0, 0.1) is 0 Å². The van der Waals surface area contributed by atoms with Gasteiger partial charge in [0.15, 0.2) is 0 Å². The maximum absolute atomic E-state index is 10.2. The summed E-state index contributed by atoms with van der Waals surface area (Å²) in [5.41, 5.74) is 2.89. The number of hydrogen-bond donors (Lipinski definition) is 1. The Morgan fingerprint density at radius 3 is 2.58 bits per heavy atom. The zero-order chi connectivity index (χ0) is 17.8. The van der Waals surface area contributed by atoms with Crippen LogP contribution in [0.2, 0.25) is 0 Å². The summed E-state index contributed by atoms with van der Waals surface area (Å²) in [6.07, 6.45) is 0.594. The Morgan fingerprint density at radius 2 is 1.81 bits per heavy atom. The summed E-state index contributed by atoms with van der Waals surface area (Å²) in [7, 11) is 0. The van der Waals surface area contributed by atoms with Crippen molar-refractivity contribution in [2.24, 2.45) is 0 Å². The molecule has 0 bridgehead atoms. The molecule has 0 amide bonds. The van der Waals surface area contributed by atoms with E-state index in [1.807, 2.05) is 66.9 Å². The Hall–Kier alpha value is -2.54. The molecule has 6 heteroatoms. The molecule has 0 unspecified atom stereocenters. The third-order valence-electron chi connectivity index (χ3n) is 4.49. The molecule has 6 nitrogen and oxygen atoms in total. The van der Waals surface area contributed by atoms with Gasteiger partial charge in [-0.1, -0.05) is 65.9 Å². The van der Waals surface area contributed by atoms with Crippen LogP contribution in [-0.4, -0.2) is 45.0 Å². The lowest BCUT2D eigenvalue weighted by Gasteiger charge is -2.20. The van der Waals surface area contributed by atoms with Crippen LogP contribution in [0.3, 0.4) is 0 Å². The van der Waals surface area contributed by atoms with E-state index in [-0.39, 0.29) is 18.8 Å². The SMILES string of the molecule is O[C@H]1CO[C@H](Cn2cc(-c3ccccc3)nn2)[C@H]1OCc1ccccc1. The maximum Gasteiger partial charge on any atom is 0.114 e. The van der Waals surface area contributed by atoms with Crippen LogP contribution in [0.15, 0.2) is 66.9 Å². The number of ether oxygens (including phenoxy) is 2. The van der Waals surface area contributed by atoms with Gasteiger partial charge in [-0.25, -0.2) is 4.68 Å². The van der Waals surface area contributed by atoms with Crippen LogP contribution in [0.4, 0.5) is 0 Å². The van der Waals surface area contributed by atoms with Crippen LogP contribution >= 0.6 is 0 Å². The lowest BCUT2D eigenvalue weighted by molar-refractivity contribution is -0.0513. The number of nitrogens with zero attached hydrogens (tertiary/aromatic N) is 3. The molecule has 4 rings (SSSR count). The number of aliphatic hydroxyl groups is 1. The highest BCUT2D eigenvalue weighted by atomic mass is 16.6. The molecule has 0 spiro atoms. The summed E-state index contributed by atoms with van der Waals surface area (Å²) in [5, 5.41) is 18.6. The highest BCUT2D eigenvalue weighted by molar-refractivity contribution is 5.57. The molecule has 0 radical (unpaired) electrons. The average molecular weight is 351 g/mol. The van der Waals surface area contributed by atoms with E-state index in [1.165, 1.54) is 0 Å². The fourth-order valence-electron chi connectivity index (χ4n) is 3.11. The summed E-state index contributed by atoms with van der Waals surface area (Å²) in [5.74, 6) is 0. The standard InChI is InChI=1S/C20H21N3O3/c24-18-14-25-19(20(18)26-13-15-7-3-1-4-8-15)12-23-11-17(21-22-23)16-9-5-2-6-10-16/h1-11,18-20,24H,12-14H2/t18-,19+,20-/m0/s1. The predicted molar refractivity (Wildman–Crippen MR) is 96.2 cm³/mol. The second-order valence-corrected chi connectivity index (χ2v) is 6.39. The van der Waals surface area contributed by atoms with E-state index in [2.05, 4.69) is 10.3 Å². The molecule has 0 aliphatic carbocycles. The first-order valence-corrected chi connectivity index (χ1v) is 8.70. The smallest absolute Gasteiger partial charge is 0.114 e. The van der Waals surface area contributed by atoms with Gasteiger partial charge in [-0.3, -0.25) is 0 Å². The van der Waals surface area contributed by atoms with Gasteiger partial charge in [0.05, 0.1) is 26.0 Å². The highest BCUT2D eigenvalue weighted by Crippen LogP contribution is 2.22. The van der Waals surface area contributed by atoms with Gasteiger partial charge in [-0.05, 0) is 5.56 Å². The first-order chi connectivity index (χ1) is 12.8. The van der Waals surface area contributed by atoms with E-state index in [4.69, 9.17) is 9.47 Å². The number of hydrogen-bond acceptors (Lipinski definition) is 5. The second kappa shape index (κ2) is 7.78. The maximum atomic E-state index is 10.2. The van der Waals surface area contributed by atoms with Crippen LogP contribution in [0.25, 0.3) is 11.3 Å². The van der Waals surface area contributed by atoms with Crippen molar-refractivity contribution in [2.45, 2.75) is 31.5 Å². The monoisotopic (exact) mass is 351 g/mol. The van der Waals surface area contributed by atoms with E-state index in [1.54, 1.807) is 4.68 Å². The quantitative estimate of drug-likeness (QED) is 0.738. The summed E-state index contributed by atoms with van der Waals surface area (Å²) in [4.78, 5) is 0. The van der Waals surface area contributed by atoms with Crippen molar-refractivity contribution in [3.63, 3.8) is 0 Å². The topological polar surface area (TPSA) is 69.4 Å². The molecule has 3 atom stereocenters. The fourth-order valence-corrected chi connectivity index (χ4v) is 3.11.